The lowest BCUT2D eigenvalue weighted by Crippen LogP contribution is -2.07. The summed E-state index contributed by atoms with van der Waals surface area (Å²) in [6, 6.07) is 13.5. The van der Waals surface area contributed by atoms with Gasteiger partial charge in [0.15, 0.2) is 0 Å². The zero-order valence-corrected chi connectivity index (χ0v) is 15.7. The first-order valence-corrected chi connectivity index (χ1v) is 9.04. The van der Waals surface area contributed by atoms with Crippen molar-refractivity contribution in [2.75, 3.05) is 12.4 Å². The molecular formula is C19H16N4O4S. The van der Waals surface area contributed by atoms with Gasteiger partial charge in [-0.25, -0.2) is 0 Å². The lowest BCUT2D eigenvalue weighted by atomic mass is 10.1. The van der Waals surface area contributed by atoms with Crippen molar-refractivity contribution in [3.05, 3.63) is 80.9 Å². The van der Waals surface area contributed by atoms with Crippen LogP contribution >= 0.6 is 11.3 Å². The number of benzene rings is 2. The molecule has 0 aliphatic heterocycles. The van der Waals surface area contributed by atoms with Crippen molar-refractivity contribution in [2.45, 2.75) is 6.42 Å². The number of rotatable bonds is 7. The second-order valence-electron chi connectivity index (χ2n) is 5.66. The number of nitrogens with zero attached hydrogens (tertiary/aromatic N) is 3. The standard InChI is InChI=1S/C19H16N4O4S/c1-27-16-5-3-2-4-14(16)12-18-21-22-19(28-18)20-17(24)11-8-13-6-9-15(10-7-13)23(25)26/h2-11H,12H2,1H3,(H,20,22,24)/b11-8+. The molecule has 142 valence electrons. The highest BCUT2D eigenvalue weighted by Gasteiger charge is 2.10. The molecule has 0 radical (unpaired) electrons. The van der Waals surface area contributed by atoms with Gasteiger partial charge in [0.25, 0.3) is 5.69 Å². The van der Waals surface area contributed by atoms with E-state index in [0.29, 0.717) is 17.1 Å². The Bertz CT molecular complexity index is 1010. The van der Waals surface area contributed by atoms with Gasteiger partial charge in [-0.05, 0) is 29.8 Å². The molecular weight excluding hydrogens is 380 g/mol. The van der Waals surface area contributed by atoms with E-state index in [9.17, 15) is 14.9 Å². The summed E-state index contributed by atoms with van der Waals surface area (Å²) >= 11 is 1.28. The van der Waals surface area contributed by atoms with Crippen molar-refractivity contribution in [3.8, 4) is 5.75 Å². The third-order valence-electron chi connectivity index (χ3n) is 3.76. The second-order valence-corrected chi connectivity index (χ2v) is 6.72. The summed E-state index contributed by atoms with van der Waals surface area (Å²) in [5.41, 5.74) is 1.66. The fraction of sp³-hybridized carbons (Fsp3) is 0.105. The summed E-state index contributed by atoms with van der Waals surface area (Å²) in [7, 11) is 1.61. The highest BCUT2D eigenvalue weighted by Crippen LogP contribution is 2.24. The van der Waals surface area contributed by atoms with E-state index in [1.165, 1.54) is 29.5 Å². The van der Waals surface area contributed by atoms with Crippen LogP contribution in [0.5, 0.6) is 5.75 Å². The number of anilines is 1. The molecule has 0 atom stereocenters. The average molecular weight is 396 g/mol. The zero-order valence-electron chi connectivity index (χ0n) is 14.9. The monoisotopic (exact) mass is 396 g/mol. The molecule has 0 unspecified atom stereocenters. The first kappa shape index (κ1) is 19.2. The minimum absolute atomic E-state index is 0.00182. The molecule has 2 aromatic carbocycles. The van der Waals surface area contributed by atoms with E-state index >= 15 is 0 Å². The molecule has 1 N–H and O–H groups in total. The number of para-hydroxylation sites is 1. The summed E-state index contributed by atoms with van der Waals surface area (Å²) in [5, 5.41) is 22.5. The van der Waals surface area contributed by atoms with E-state index < -0.39 is 4.92 Å². The SMILES string of the molecule is COc1ccccc1Cc1nnc(NC(=O)/C=C/c2ccc([N+](=O)[O-])cc2)s1. The van der Waals surface area contributed by atoms with Gasteiger partial charge in [0.05, 0.1) is 12.0 Å². The summed E-state index contributed by atoms with van der Waals surface area (Å²) < 4.78 is 5.32. The van der Waals surface area contributed by atoms with Gasteiger partial charge in [-0.15, -0.1) is 10.2 Å². The lowest BCUT2D eigenvalue weighted by Gasteiger charge is -2.05. The van der Waals surface area contributed by atoms with Crippen LogP contribution in [0.15, 0.2) is 54.6 Å². The van der Waals surface area contributed by atoms with Crippen LogP contribution in [0.4, 0.5) is 10.8 Å². The number of carbonyl (C=O) groups excluding carboxylic acids is 1. The summed E-state index contributed by atoms with van der Waals surface area (Å²) in [5.74, 6) is 0.410. The number of non-ortho nitro benzene ring substituents is 1. The Hall–Kier alpha value is -3.59. The third-order valence-corrected chi connectivity index (χ3v) is 4.60. The summed E-state index contributed by atoms with van der Waals surface area (Å²) in [4.78, 5) is 22.2. The Labute approximate surface area is 164 Å². The largest absolute Gasteiger partial charge is 0.496 e. The number of methoxy groups -OCH3 is 1. The fourth-order valence-corrected chi connectivity index (χ4v) is 3.18. The Kier molecular flexibility index (Phi) is 6.07. The summed E-state index contributed by atoms with van der Waals surface area (Å²) in [6.45, 7) is 0. The van der Waals surface area contributed by atoms with Crippen molar-refractivity contribution in [3.63, 3.8) is 0 Å². The van der Waals surface area contributed by atoms with Gasteiger partial charge in [-0.1, -0.05) is 29.5 Å². The van der Waals surface area contributed by atoms with Crippen molar-refractivity contribution < 1.29 is 14.5 Å². The first-order chi connectivity index (χ1) is 13.5. The predicted octanol–water partition coefficient (Wildman–Crippen LogP) is 3.70. The van der Waals surface area contributed by atoms with Gasteiger partial charge in [-0.3, -0.25) is 20.2 Å². The number of nitro groups is 1. The normalized spacial score (nSPS) is 10.8. The molecule has 0 bridgehead atoms. The van der Waals surface area contributed by atoms with Gasteiger partial charge < -0.3 is 4.74 Å². The smallest absolute Gasteiger partial charge is 0.269 e. The fourth-order valence-electron chi connectivity index (χ4n) is 2.41. The predicted molar refractivity (Wildman–Crippen MR) is 106 cm³/mol. The molecule has 8 nitrogen and oxygen atoms in total. The second kappa shape index (κ2) is 8.87. The molecule has 1 amide bonds. The number of amides is 1. The van der Waals surface area contributed by atoms with Gasteiger partial charge >= 0.3 is 0 Å². The molecule has 3 aromatic rings. The van der Waals surface area contributed by atoms with E-state index in [2.05, 4.69) is 15.5 Å². The van der Waals surface area contributed by atoms with E-state index in [1.54, 1.807) is 25.3 Å². The lowest BCUT2D eigenvalue weighted by molar-refractivity contribution is -0.384. The highest BCUT2D eigenvalue weighted by atomic mass is 32.1. The number of hydrogen-bond acceptors (Lipinski definition) is 7. The number of nitro benzene ring substituents is 1. The Morgan fingerprint density at radius 1 is 1.21 bits per heavy atom. The number of carbonyl (C=O) groups is 1. The van der Waals surface area contributed by atoms with E-state index in [0.717, 1.165) is 16.3 Å². The van der Waals surface area contributed by atoms with E-state index in [4.69, 9.17) is 4.74 Å². The molecule has 0 fully saturated rings. The maximum absolute atomic E-state index is 12.0. The molecule has 0 saturated carbocycles. The Balaban J connectivity index is 1.59. The maximum Gasteiger partial charge on any atom is 0.269 e. The molecule has 1 aromatic heterocycles. The van der Waals surface area contributed by atoms with Gasteiger partial charge in [-0.2, -0.15) is 0 Å². The third kappa shape index (κ3) is 4.98. The van der Waals surface area contributed by atoms with Crippen LogP contribution in [0.3, 0.4) is 0 Å². The minimum Gasteiger partial charge on any atom is -0.496 e. The van der Waals surface area contributed by atoms with Gasteiger partial charge in [0.1, 0.15) is 10.8 Å². The van der Waals surface area contributed by atoms with E-state index in [-0.39, 0.29) is 11.6 Å². The average Bonchev–Trinajstić information content (AvgIpc) is 3.13. The quantitative estimate of drug-likeness (QED) is 0.371. The highest BCUT2D eigenvalue weighted by molar-refractivity contribution is 7.15. The molecule has 0 aliphatic rings. The van der Waals surface area contributed by atoms with Gasteiger partial charge in [0.2, 0.25) is 11.0 Å². The van der Waals surface area contributed by atoms with Crippen LogP contribution in [0, 0.1) is 10.1 Å². The number of aromatic nitrogens is 2. The molecule has 1 heterocycles. The molecule has 28 heavy (non-hydrogen) atoms. The van der Waals surface area contributed by atoms with Crippen LogP contribution in [-0.4, -0.2) is 28.1 Å². The maximum atomic E-state index is 12.0. The molecule has 0 aliphatic carbocycles. The van der Waals surface area contributed by atoms with Crippen LogP contribution in [0.25, 0.3) is 6.08 Å². The van der Waals surface area contributed by atoms with Crippen LogP contribution in [0.1, 0.15) is 16.1 Å². The molecule has 3 rings (SSSR count). The molecule has 0 spiro atoms. The van der Waals surface area contributed by atoms with Crippen molar-refractivity contribution in [1.82, 2.24) is 10.2 Å². The molecule has 9 heteroatoms. The Morgan fingerprint density at radius 3 is 2.68 bits per heavy atom. The zero-order chi connectivity index (χ0) is 19.9. The Morgan fingerprint density at radius 2 is 1.96 bits per heavy atom. The molecule has 0 saturated heterocycles. The van der Waals surface area contributed by atoms with E-state index in [1.807, 2.05) is 24.3 Å². The van der Waals surface area contributed by atoms with Crippen LogP contribution < -0.4 is 10.1 Å². The minimum atomic E-state index is -0.474. The number of nitrogens with one attached hydrogen (secondary N) is 1. The van der Waals surface area contributed by atoms with Gasteiger partial charge in [0, 0.05) is 30.2 Å². The van der Waals surface area contributed by atoms with Crippen molar-refractivity contribution >= 4 is 34.1 Å². The van der Waals surface area contributed by atoms with Crippen LogP contribution in [0.2, 0.25) is 0 Å². The first-order valence-electron chi connectivity index (χ1n) is 8.23. The number of ether oxygens (including phenoxy) is 1. The van der Waals surface area contributed by atoms with Crippen LogP contribution in [-0.2, 0) is 11.2 Å². The summed E-state index contributed by atoms with van der Waals surface area (Å²) in [6.07, 6.45) is 3.45. The topological polar surface area (TPSA) is 107 Å². The number of hydrogen-bond donors (Lipinski definition) is 1. The van der Waals surface area contributed by atoms with Crippen molar-refractivity contribution in [1.29, 1.82) is 0 Å². The van der Waals surface area contributed by atoms with Crippen molar-refractivity contribution in [2.24, 2.45) is 0 Å².